The van der Waals surface area contributed by atoms with Gasteiger partial charge in [0.2, 0.25) is 17.7 Å². The van der Waals surface area contributed by atoms with Gasteiger partial charge >= 0.3 is 5.97 Å². The number of carbonyl (C=O) groups is 4. The molecule has 1 heterocycles. The number of nitrogens with zero attached hydrogens (tertiary/aromatic N) is 1. The molecule has 3 amide bonds. The van der Waals surface area contributed by atoms with E-state index in [0.717, 1.165) is 29.2 Å². The van der Waals surface area contributed by atoms with Gasteiger partial charge in [0.05, 0.1) is 12.7 Å². The highest BCUT2D eigenvalue weighted by molar-refractivity contribution is 5.91. The minimum Gasteiger partial charge on any atom is -0.480 e. The monoisotopic (exact) mass is 538 g/mol. The highest BCUT2D eigenvalue weighted by atomic mass is 16.4. The van der Waals surface area contributed by atoms with Crippen molar-refractivity contribution < 1.29 is 24.3 Å². The smallest absolute Gasteiger partial charge is 0.326 e. The summed E-state index contributed by atoms with van der Waals surface area (Å²) in [5, 5.41) is 20.3. The average Bonchev–Trinajstić information content (AvgIpc) is 3.36. The topological polar surface area (TPSA) is 128 Å². The average molecular weight is 539 g/mol. The molecule has 212 valence electrons. The van der Waals surface area contributed by atoms with E-state index in [1.807, 2.05) is 54.3 Å². The summed E-state index contributed by atoms with van der Waals surface area (Å²) in [6.07, 6.45) is 3.61. The van der Waals surface area contributed by atoms with Crippen LogP contribution in [-0.4, -0.2) is 58.5 Å². The van der Waals surface area contributed by atoms with E-state index in [2.05, 4.69) is 29.8 Å². The summed E-state index contributed by atoms with van der Waals surface area (Å²) in [4.78, 5) is 51.9. The predicted octanol–water partition coefficient (Wildman–Crippen LogP) is 3.56. The van der Waals surface area contributed by atoms with Crippen molar-refractivity contribution in [3.63, 3.8) is 0 Å². The van der Waals surface area contributed by atoms with Crippen molar-refractivity contribution >= 4 is 34.5 Å². The molecule has 9 heteroatoms. The number of carboxylic acid groups (broad SMARTS) is 1. The molecule has 2 aromatic carbocycles. The molecule has 39 heavy (non-hydrogen) atoms. The number of carboxylic acids is 1. The van der Waals surface area contributed by atoms with Crippen molar-refractivity contribution in [2.45, 2.75) is 90.5 Å². The Morgan fingerprint density at radius 3 is 2.51 bits per heavy atom. The molecule has 0 saturated carbocycles. The van der Waals surface area contributed by atoms with Crippen LogP contribution in [0.2, 0.25) is 0 Å². The number of rotatable bonds is 15. The third-order valence-corrected chi connectivity index (χ3v) is 7.46. The first kappa shape index (κ1) is 30.1. The fourth-order valence-electron chi connectivity index (χ4n) is 4.94. The molecular formula is C30H42N4O5. The molecule has 3 rings (SSSR count). The first-order valence-corrected chi connectivity index (χ1v) is 14.0. The molecule has 9 nitrogen and oxygen atoms in total. The Balaban J connectivity index is 1.90. The molecule has 0 aliphatic carbocycles. The SMILES string of the molecule is CCCC[C@H](NC(=O)CN(Cc1cccc2ccccc12)C(C[C@@H](C)CC)NC(=O)[C@@H]1CCC(=O)N1)C(=O)O. The summed E-state index contributed by atoms with van der Waals surface area (Å²) >= 11 is 0. The fourth-order valence-corrected chi connectivity index (χ4v) is 4.94. The van der Waals surface area contributed by atoms with Crippen LogP contribution in [-0.2, 0) is 25.7 Å². The van der Waals surface area contributed by atoms with Gasteiger partial charge in [-0.15, -0.1) is 0 Å². The number of amides is 3. The van der Waals surface area contributed by atoms with Crippen LogP contribution in [0.5, 0.6) is 0 Å². The maximum absolute atomic E-state index is 13.2. The molecule has 1 aliphatic rings. The van der Waals surface area contributed by atoms with E-state index in [4.69, 9.17) is 0 Å². The largest absolute Gasteiger partial charge is 0.480 e. The zero-order valence-electron chi connectivity index (χ0n) is 23.2. The van der Waals surface area contributed by atoms with Gasteiger partial charge in [0.25, 0.3) is 0 Å². The van der Waals surface area contributed by atoms with Gasteiger partial charge in [-0.25, -0.2) is 4.79 Å². The molecule has 0 spiro atoms. The van der Waals surface area contributed by atoms with Crippen molar-refractivity contribution in [2.75, 3.05) is 6.54 Å². The third-order valence-electron chi connectivity index (χ3n) is 7.46. The molecule has 1 fully saturated rings. The van der Waals surface area contributed by atoms with Gasteiger partial charge in [-0.2, -0.15) is 0 Å². The highest BCUT2D eigenvalue weighted by Crippen LogP contribution is 2.23. The van der Waals surface area contributed by atoms with Crippen LogP contribution in [0.1, 0.15) is 71.3 Å². The van der Waals surface area contributed by atoms with E-state index < -0.39 is 30.1 Å². The minimum absolute atomic E-state index is 0.0858. The second-order valence-corrected chi connectivity index (χ2v) is 10.6. The van der Waals surface area contributed by atoms with E-state index >= 15 is 0 Å². The minimum atomic E-state index is -1.06. The molecule has 1 saturated heterocycles. The zero-order valence-corrected chi connectivity index (χ0v) is 23.2. The van der Waals surface area contributed by atoms with Gasteiger partial charge in [0.1, 0.15) is 12.1 Å². The van der Waals surface area contributed by atoms with Crippen LogP contribution in [0.4, 0.5) is 0 Å². The standard InChI is InChI=1S/C30H42N4O5/c1-4-6-14-25(30(38)39)32-28(36)19-34(18-22-12-9-11-21-10-7-8-13-23(21)22)26(17-20(3)5-2)33-29(37)24-15-16-27(35)31-24/h7-13,20,24-26H,4-6,14-19H2,1-3H3,(H,31,35)(H,32,36)(H,33,37)(H,38,39)/t20-,24-,25-,26?/m0/s1. The first-order chi connectivity index (χ1) is 18.7. The van der Waals surface area contributed by atoms with Crippen LogP contribution in [0.15, 0.2) is 42.5 Å². The van der Waals surface area contributed by atoms with Crippen LogP contribution < -0.4 is 16.0 Å². The van der Waals surface area contributed by atoms with Crippen LogP contribution in [0.25, 0.3) is 10.8 Å². The van der Waals surface area contributed by atoms with E-state index in [1.165, 1.54) is 0 Å². The number of hydrogen-bond acceptors (Lipinski definition) is 5. The Morgan fingerprint density at radius 2 is 1.85 bits per heavy atom. The van der Waals surface area contributed by atoms with Crippen molar-refractivity contribution in [1.82, 2.24) is 20.9 Å². The molecule has 0 bridgehead atoms. The molecule has 0 radical (unpaired) electrons. The lowest BCUT2D eigenvalue weighted by molar-refractivity contribution is -0.142. The Hall–Kier alpha value is -3.46. The fraction of sp³-hybridized carbons (Fsp3) is 0.533. The first-order valence-electron chi connectivity index (χ1n) is 14.0. The van der Waals surface area contributed by atoms with E-state index in [-0.39, 0.29) is 24.3 Å². The van der Waals surface area contributed by atoms with Gasteiger partial charge in [-0.05, 0) is 41.5 Å². The molecule has 1 aliphatic heterocycles. The van der Waals surface area contributed by atoms with E-state index in [9.17, 15) is 24.3 Å². The number of fused-ring (bicyclic) bond motifs is 1. The van der Waals surface area contributed by atoms with E-state index in [0.29, 0.717) is 38.6 Å². The molecule has 1 unspecified atom stereocenters. The highest BCUT2D eigenvalue weighted by Gasteiger charge is 2.32. The quantitative estimate of drug-likeness (QED) is 0.257. The Kier molecular flexibility index (Phi) is 11.3. The molecule has 0 aromatic heterocycles. The normalized spacial score (nSPS) is 17.4. The lowest BCUT2D eigenvalue weighted by Crippen LogP contribution is -2.55. The van der Waals surface area contributed by atoms with Crippen LogP contribution in [0.3, 0.4) is 0 Å². The van der Waals surface area contributed by atoms with Crippen molar-refractivity contribution in [2.24, 2.45) is 5.92 Å². The Bertz CT molecular complexity index is 1150. The maximum Gasteiger partial charge on any atom is 0.326 e. The number of unbranched alkanes of at least 4 members (excludes halogenated alkanes) is 1. The number of aliphatic carboxylic acids is 1. The van der Waals surface area contributed by atoms with Crippen molar-refractivity contribution in [3.8, 4) is 0 Å². The Labute approximate surface area is 230 Å². The van der Waals surface area contributed by atoms with E-state index in [1.54, 1.807) is 0 Å². The maximum atomic E-state index is 13.2. The number of carbonyl (C=O) groups excluding carboxylic acids is 3. The number of benzene rings is 2. The van der Waals surface area contributed by atoms with Crippen molar-refractivity contribution in [3.05, 3.63) is 48.0 Å². The summed E-state index contributed by atoms with van der Waals surface area (Å²) in [6.45, 7) is 6.44. The third kappa shape index (κ3) is 8.78. The van der Waals surface area contributed by atoms with Gasteiger partial charge in [-0.1, -0.05) is 82.5 Å². The number of hydrogen-bond donors (Lipinski definition) is 4. The zero-order chi connectivity index (χ0) is 28.4. The van der Waals surface area contributed by atoms with Crippen LogP contribution in [0, 0.1) is 5.92 Å². The van der Waals surface area contributed by atoms with Gasteiger partial charge in [-0.3, -0.25) is 19.3 Å². The van der Waals surface area contributed by atoms with Crippen molar-refractivity contribution in [1.29, 1.82) is 0 Å². The van der Waals surface area contributed by atoms with Gasteiger partial charge in [0.15, 0.2) is 0 Å². The van der Waals surface area contributed by atoms with Gasteiger partial charge < -0.3 is 21.1 Å². The number of nitrogens with one attached hydrogen (secondary N) is 3. The molecule has 2 aromatic rings. The summed E-state index contributed by atoms with van der Waals surface area (Å²) < 4.78 is 0. The lowest BCUT2D eigenvalue weighted by atomic mass is 10.00. The summed E-state index contributed by atoms with van der Waals surface area (Å²) in [5.74, 6) is -1.63. The Morgan fingerprint density at radius 1 is 1.10 bits per heavy atom. The molecule has 4 N–H and O–H groups in total. The second kappa shape index (κ2) is 14.6. The second-order valence-electron chi connectivity index (χ2n) is 10.6. The predicted molar refractivity (Wildman–Crippen MR) is 151 cm³/mol. The molecule has 4 atom stereocenters. The van der Waals surface area contributed by atoms with Gasteiger partial charge in [0, 0.05) is 13.0 Å². The summed E-state index contributed by atoms with van der Waals surface area (Å²) in [7, 11) is 0. The van der Waals surface area contributed by atoms with Crippen LogP contribution >= 0.6 is 0 Å². The lowest BCUT2D eigenvalue weighted by Gasteiger charge is -2.34. The summed E-state index contributed by atoms with van der Waals surface area (Å²) in [5.41, 5.74) is 0.999. The molecular weight excluding hydrogens is 496 g/mol. The summed E-state index contributed by atoms with van der Waals surface area (Å²) in [6, 6.07) is 12.4.